The Kier molecular flexibility index (Phi) is 9.17. The summed E-state index contributed by atoms with van der Waals surface area (Å²) in [5.41, 5.74) is -0.509. The van der Waals surface area contributed by atoms with Gasteiger partial charge in [-0.2, -0.15) is 0 Å². The molecule has 9 nitrogen and oxygen atoms in total. The highest BCUT2D eigenvalue weighted by Gasteiger charge is 2.56. The Balaban J connectivity index is 1.36. The van der Waals surface area contributed by atoms with Crippen LogP contribution in [0.25, 0.3) is 11.3 Å². The van der Waals surface area contributed by atoms with E-state index in [0.29, 0.717) is 56.2 Å². The maximum Gasteiger partial charge on any atom is 0.320 e. The fourth-order valence-electron chi connectivity index (χ4n) is 6.96. The second-order valence-electron chi connectivity index (χ2n) is 11.9. The highest BCUT2D eigenvalue weighted by Crippen LogP contribution is 2.51. The molecule has 0 radical (unpaired) electrons. The lowest BCUT2D eigenvalue weighted by molar-refractivity contribution is -0.136. The molecule has 10 heteroatoms. The molecular formula is C33H42FN5O4. The minimum atomic E-state index is -1.19. The molecular weight excluding hydrogens is 549 g/mol. The Labute approximate surface area is 252 Å². The molecule has 0 unspecified atom stereocenters. The summed E-state index contributed by atoms with van der Waals surface area (Å²) >= 11 is 0. The molecule has 2 N–H and O–H groups in total. The summed E-state index contributed by atoms with van der Waals surface area (Å²) in [5, 5.41) is 15.6. The number of carbonyl (C=O) groups excluding carboxylic acids is 1. The maximum absolute atomic E-state index is 14.0. The smallest absolute Gasteiger partial charge is 0.320 e. The first-order chi connectivity index (χ1) is 20.7. The number of rotatable bonds is 7. The Morgan fingerprint density at radius 2 is 2.02 bits per heavy atom. The lowest BCUT2D eigenvalue weighted by Gasteiger charge is -2.53. The normalized spacial score (nSPS) is 23.9. The summed E-state index contributed by atoms with van der Waals surface area (Å²) in [6.45, 7) is 9.01. The zero-order chi connectivity index (χ0) is 30.6. The zero-order valence-corrected chi connectivity index (χ0v) is 25.1. The van der Waals surface area contributed by atoms with Crippen molar-refractivity contribution in [3.05, 3.63) is 83.2 Å². The maximum atomic E-state index is 14.0. The van der Waals surface area contributed by atoms with Gasteiger partial charge < -0.3 is 25.0 Å². The van der Waals surface area contributed by atoms with Gasteiger partial charge in [-0.25, -0.2) is 14.2 Å². The third kappa shape index (κ3) is 6.17. The van der Waals surface area contributed by atoms with E-state index in [-0.39, 0.29) is 24.2 Å². The summed E-state index contributed by atoms with van der Waals surface area (Å²) < 4.78 is 20.7. The lowest BCUT2D eigenvalue weighted by atomic mass is 9.66. The fourth-order valence-corrected chi connectivity index (χ4v) is 6.96. The van der Waals surface area contributed by atoms with Crippen molar-refractivity contribution < 1.29 is 19.0 Å². The summed E-state index contributed by atoms with van der Waals surface area (Å²) in [7, 11) is 1.48. The lowest BCUT2D eigenvalue weighted by Crippen LogP contribution is -2.65. The number of ether oxygens (including phenoxy) is 1. The van der Waals surface area contributed by atoms with Crippen LogP contribution in [0.15, 0.2) is 71.8 Å². The van der Waals surface area contributed by atoms with E-state index in [2.05, 4.69) is 16.9 Å². The number of hydrogen-bond donors (Lipinski definition) is 2. The molecule has 2 aliphatic heterocycles. The first kappa shape index (κ1) is 30.7. The van der Waals surface area contributed by atoms with Gasteiger partial charge in [0.1, 0.15) is 11.6 Å². The molecule has 1 aromatic heterocycles. The van der Waals surface area contributed by atoms with Crippen molar-refractivity contribution in [2.75, 3.05) is 39.8 Å². The van der Waals surface area contributed by atoms with Crippen molar-refractivity contribution in [1.82, 2.24) is 24.7 Å². The van der Waals surface area contributed by atoms with Crippen molar-refractivity contribution >= 4 is 6.03 Å². The number of amides is 2. The molecule has 3 heterocycles. The number of carbonyl (C=O) groups is 1. The van der Waals surface area contributed by atoms with Gasteiger partial charge in [0.15, 0.2) is 0 Å². The summed E-state index contributed by atoms with van der Waals surface area (Å²) in [4.78, 5) is 35.5. The molecule has 2 amide bonds. The van der Waals surface area contributed by atoms with E-state index in [1.54, 1.807) is 0 Å². The van der Waals surface area contributed by atoms with Crippen molar-refractivity contribution in [1.29, 1.82) is 0 Å². The Morgan fingerprint density at radius 1 is 1.23 bits per heavy atom. The number of aromatic nitrogens is 2. The molecule has 230 valence electrons. The van der Waals surface area contributed by atoms with Gasteiger partial charge >= 0.3 is 6.03 Å². The quantitative estimate of drug-likeness (QED) is 0.470. The van der Waals surface area contributed by atoms with Crippen LogP contribution in [-0.4, -0.2) is 82.0 Å². The standard InChI is InChI=1S/C33H42FN5O4/c1-4-5-6-9-24(2)28-20-35-15-17-39(28)31(41)37-16-14-33(42,32(21-37)12-7-8-13-32)22-38-23-36-27(19-30(38)40)26-18-25(34)10-11-29(26)43-3/h4-6,9-11,18-19,23,28,35,42H,2,7-8,12-17,20-22H2,1,3H3/b5-4-,9-6-/t28-,33+/m0/s1. The minimum Gasteiger partial charge on any atom is -0.496 e. The Bertz CT molecular complexity index is 1460. The van der Waals surface area contributed by atoms with E-state index in [0.717, 1.165) is 31.3 Å². The number of methoxy groups -OCH3 is 1. The van der Waals surface area contributed by atoms with Gasteiger partial charge in [0.25, 0.3) is 5.56 Å². The Morgan fingerprint density at radius 3 is 2.74 bits per heavy atom. The van der Waals surface area contributed by atoms with Crippen LogP contribution in [-0.2, 0) is 6.54 Å². The van der Waals surface area contributed by atoms with E-state index in [1.165, 1.54) is 42.3 Å². The van der Waals surface area contributed by atoms with Crippen LogP contribution in [0.3, 0.4) is 0 Å². The van der Waals surface area contributed by atoms with Crippen LogP contribution < -0.4 is 15.6 Å². The van der Waals surface area contributed by atoms with Gasteiger partial charge in [-0.05, 0) is 50.0 Å². The summed E-state index contributed by atoms with van der Waals surface area (Å²) in [6.07, 6.45) is 13.0. The number of nitrogens with zero attached hydrogens (tertiary/aromatic N) is 4. The van der Waals surface area contributed by atoms with Crippen LogP contribution in [0.2, 0.25) is 0 Å². The number of hydrogen-bond acceptors (Lipinski definition) is 6. The van der Waals surface area contributed by atoms with Gasteiger partial charge in [0, 0.05) is 49.8 Å². The van der Waals surface area contributed by atoms with Crippen molar-refractivity contribution in [2.45, 2.75) is 57.2 Å². The third-order valence-electron chi connectivity index (χ3n) is 9.39. The van der Waals surface area contributed by atoms with E-state index in [9.17, 15) is 19.1 Å². The first-order valence-corrected chi connectivity index (χ1v) is 15.1. The molecule has 1 aliphatic carbocycles. The summed E-state index contributed by atoms with van der Waals surface area (Å²) in [6, 6.07) is 5.24. The molecule has 2 saturated heterocycles. The minimum absolute atomic E-state index is 0.0346. The predicted molar refractivity (Wildman–Crippen MR) is 164 cm³/mol. The largest absolute Gasteiger partial charge is 0.496 e. The third-order valence-corrected chi connectivity index (χ3v) is 9.39. The molecule has 43 heavy (non-hydrogen) atoms. The van der Waals surface area contributed by atoms with Crippen molar-refractivity contribution in [3.8, 4) is 17.0 Å². The number of urea groups is 1. The SMILES string of the molecule is C=C(/C=C\C=C/C)[C@@H]1CNCCN1C(=O)N1CC[C@@](O)(Cn2cnc(-c3cc(F)ccc3OC)cc2=O)C2(CCCC2)C1. The van der Waals surface area contributed by atoms with Gasteiger partial charge in [-0.1, -0.05) is 43.7 Å². The monoisotopic (exact) mass is 591 g/mol. The van der Waals surface area contributed by atoms with Crippen molar-refractivity contribution in [3.63, 3.8) is 0 Å². The zero-order valence-electron chi connectivity index (χ0n) is 25.1. The van der Waals surface area contributed by atoms with Gasteiger partial charge in [-0.15, -0.1) is 0 Å². The number of halogens is 1. The molecule has 2 aromatic rings. The molecule has 0 bridgehead atoms. The van der Waals surface area contributed by atoms with Crippen LogP contribution in [0.5, 0.6) is 5.75 Å². The second-order valence-corrected chi connectivity index (χ2v) is 11.9. The summed E-state index contributed by atoms with van der Waals surface area (Å²) in [5.74, 6) is -0.0436. The van der Waals surface area contributed by atoms with Crippen LogP contribution in [0, 0.1) is 11.2 Å². The van der Waals surface area contributed by atoms with Crippen LogP contribution in [0.4, 0.5) is 9.18 Å². The van der Waals surface area contributed by atoms with E-state index >= 15 is 0 Å². The average molecular weight is 592 g/mol. The molecule has 5 rings (SSSR count). The van der Waals surface area contributed by atoms with Crippen LogP contribution in [0.1, 0.15) is 39.0 Å². The van der Waals surface area contributed by atoms with E-state index < -0.39 is 16.8 Å². The first-order valence-electron chi connectivity index (χ1n) is 15.1. The fraction of sp³-hybridized carbons (Fsp3) is 0.485. The molecule has 3 aliphatic rings. The predicted octanol–water partition coefficient (Wildman–Crippen LogP) is 4.14. The highest BCUT2D eigenvalue weighted by molar-refractivity contribution is 5.76. The number of aliphatic hydroxyl groups is 1. The number of likely N-dealkylation sites (tertiary alicyclic amines) is 1. The van der Waals surface area contributed by atoms with Gasteiger partial charge in [-0.3, -0.25) is 9.36 Å². The van der Waals surface area contributed by atoms with E-state index in [1.807, 2.05) is 41.0 Å². The van der Waals surface area contributed by atoms with E-state index in [4.69, 9.17) is 4.74 Å². The number of nitrogens with one attached hydrogen (secondary N) is 1. The molecule has 3 fully saturated rings. The molecule has 2 atom stereocenters. The number of allylic oxidation sites excluding steroid dienone is 3. The topological polar surface area (TPSA) is 99.9 Å². The Hall–Kier alpha value is -3.76. The molecule has 1 saturated carbocycles. The average Bonchev–Trinajstić information content (AvgIpc) is 3.49. The van der Waals surface area contributed by atoms with Crippen LogP contribution >= 0.6 is 0 Å². The number of piperazine rings is 1. The van der Waals surface area contributed by atoms with Gasteiger partial charge in [0.05, 0.1) is 37.3 Å². The number of piperidine rings is 1. The molecule has 1 spiro atoms. The number of benzene rings is 1. The van der Waals surface area contributed by atoms with Gasteiger partial charge in [0.2, 0.25) is 0 Å². The second kappa shape index (κ2) is 12.9. The highest BCUT2D eigenvalue weighted by atomic mass is 19.1. The molecule has 1 aromatic carbocycles. The van der Waals surface area contributed by atoms with Crippen molar-refractivity contribution in [2.24, 2.45) is 5.41 Å².